The molecule has 0 heterocycles. The van der Waals surface area contributed by atoms with Gasteiger partial charge in [-0.3, -0.25) is 5.11 Å². The summed E-state index contributed by atoms with van der Waals surface area (Å²) in [4.78, 5) is 0. The number of hydrogen-bond donors (Lipinski definition) is 0. The monoisotopic (exact) mass is 121 g/mol. The van der Waals surface area contributed by atoms with Crippen LogP contribution in [0.3, 0.4) is 0 Å². The van der Waals surface area contributed by atoms with Crippen molar-refractivity contribution in [1.82, 2.24) is 0 Å². The lowest BCUT2D eigenvalue weighted by Gasteiger charge is -1.93. The first kappa shape index (κ1) is 6.14. The molecule has 0 aliphatic carbocycles. The molecule has 1 nitrogen and oxygen atoms in total. The van der Waals surface area contributed by atoms with E-state index in [9.17, 15) is 5.11 Å². The smallest absolute Gasteiger partial charge is 0.181 e. The largest absolute Gasteiger partial charge is 0.290 e. The molecule has 0 N–H and O–H groups in total. The standard InChI is InChI=1S/C8H9O/c1-6-3-4-7(2)8(9)5-6/h3-5H,1-2H3. The van der Waals surface area contributed by atoms with Crippen molar-refractivity contribution in [1.29, 1.82) is 0 Å². The van der Waals surface area contributed by atoms with Crippen molar-refractivity contribution in [2.24, 2.45) is 0 Å². The quantitative estimate of drug-likeness (QED) is 0.502. The fourth-order valence-corrected chi connectivity index (χ4v) is 0.707. The summed E-state index contributed by atoms with van der Waals surface area (Å²) in [7, 11) is 0. The van der Waals surface area contributed by atoms with Crippen molar-refractivity contribution in [3.05, 3.63) is 29.3 Å². The molecule has 0 aromatic heterocycles. The van der Waals surface area contributed by atoms with E-state index in [0.717, 1.165) is 11.1 Å². The van der Waals surface area contributed by atoms with Gasteiger partial charge in [0, 0.05) is 0 Å². The van der Waals surface area contributed by atoms with E-state index in [4.69, 9.17) is 0 Å². The summed E-state index contributed by atoms with van der Waals surface area (Å²) >= 11 is 0. The Balaban J connectivity index is 3.17. The van der Waals surface area contributed by atoms with Crippen LogP contribution in [0.15, 0.2) is 18.2 Å². The van der Waals surface area contributed by atoms with E-state index in [1.54, 1.807) is 6.07 Å². The highest BCUT2D eigenvalue weighted by molar-refractivity contribution is 5.34. The summed E-state index contributed by atoms with van der Waals surface area (Å²) in [6.45, 7) is 3.74. The van der Waals surface area contributed by atoms with E-state index in [2.05, 4.69) is 0 Å². The maximum atomic E-state index is 10.8. The fraction of sp³-hybridized carbons (Fsp3) is 0.250. The van der Waals surface area contributed by atoms with Crippen LogP contribution < -0.4 is 0 Å². The average molecular weight is 121 g/mol. The van der Waals surface area contributed by atoms with Gasteiger partial charge in [0.25, 0.3) is 0 Å². The van der Waals surface area contributed by atoms with Gasteiger partial charge in [-0.25, -0.2) is 0 Å². The van der Waals surface area contributed by atoms with E-state index >= 15 is 0 Å². The molecule has 47 valence electrons. The van der Waals surface area contributed by atoms with E-state index in [-0.39, 0.29) is 5.75 Å². The molecule has 9 heavy (non-hydrogen) atoms. The summed E-state index contributed by atoms with van der Waals surface area (Å²) in [5.41, 5.74) is 1.85. The lowest BCUT2D eigenvalue weighted by Crippen LogP contribution is -1.73. The Kier molecular flexibility index (Phi) is 1.43. The Labute approximate surface area is 55.0 Å². The predicted octanol–water partition coefficient (Wildman–Crippen LogP) is 2.45. The van der Waals surface area contributed by atoms with Gasteiger partial charge in [0.2, 0.25) is 0 Å². The van der Waals surface area contributed by atoms with Gasteiger partial charge in [-0.2, -0.15) is 0 Å². The second kappa shape index (κ2) is 2.09. The van der Waals surface area contributed by atoms with Crippen LogP contribution in [-0.2, 0) is 5.11 Å². The lowest BCUT2D eigenvalue weighted by atomic mass is 10.1. The van der Waals surface area contributed by atoms with Crippen LogP contribution >= 0.6 is 0 Å². The molecule has 0 saturated heterocycles. The minimum Gasteiger partial charge on any atom is -0.290 e. The van der Waals surface area contributed by atoms with Crippen molar-refractivity contribution < 1.29 is 5.11 Å². The molecule has 0 amide bonds. The Morgan fingerprint density at radius 1 is 1.22 bits per heavy atom. The number of hydrogen-bond acceptors (Lipinski definition) is 0. The Hall–Kier alpha value is -0.980. The molecule has 0 spiro atoms. The maximum Gasteiger partial charge on any atom is 0.181 e. The summed E-state index contributed by atoms with van der Waals surface area (Å²) in [6.07, 6.45) is 0. The third-order valence-electron chi connectivity index (χ3n) is 1.34. The molecule has 0 fully saturated rings. The minimum absolute atomic E-state index is 0.134. The number of aryl methyl sites for hydroxylation is 2. The summed E-state index contributed by atoms with van der Waals surface area (Å²) in [5, 5.41) is 10.8. The first-order valence-corrected chi connectivity index (χ1v) is 2.94. The molecule has 1 aromatic rings. The van der Waals surface area contributed by atoms with Crippen LogP contribution in [-0.4, -0.2) is 0 Å². The molecule has 1 radical (unpaired) electrons. The molecule has 0 unspecified atom stereocenters. The SMILES string of the molecule is Cc1ccc(C)c([O])c1. The molecule has 1 rings (SSSR count). The maximum absolute atomic E-state index is 10.8. The Bertz CT molecular complexity index is 216. The third-order valence-corrected chi connectivity index (χ3v) is 1.34. The van der Waals surface area contributed by atoms with Gasteiger partial charge in [0.15, 0.2) is 5.75 Å². The molecule has 0 bridgehead atoms. The normalized spacial score (nSPS) is 9.56. The van der Waals surface area contributed by atoms with E-state index in [0.29, 0.717) is 0 Å². The zero-order valence-electron chi connectivity index (χ0n) is 5.64. The second-order valence-electron chi connectivity index (χ2n) is 2.27. The molecule has 1 aromatic carbocycles. The van der Waals surface area contributed by atoms with Crippen molar-refractivity contribution in [2.75, 3.05) is 0 Å². The van der Waals surface area contributed by atoms with Crippen LogP contribution in [0.4, 0.5) is 0 Å². The topological polar surface area (TPSA) is 19.9 Å². The first-order chi connectivity index (χ1) is 4.20. The molecule has 0 saturated carbocycles. The second-order valence-corrected chi connectivity index (χ2v) is 2.27. The van der Waals surface area contributed by atoms with Crippen molar-refractivity contribution >= 4 is 0 Å². The highest BCUT2D eigenvalue weighted by atomic mass is 16.3. The zero-order chi connectivity index (χ0) is 6.85. The lowest BCUT2D eigenvalue weighted by molar-refractivity contribution is 0.351. The average Bonchev–Trinajstić information content (AvgIpc) is 1.80. The van der Waals surface area contributed by atoms with Crippen molar-refractivity contribution in [2.45, 2.75) is 13.8 Å². The Morgan fingerprint density at radius 2 is 1.89 bits per heavy atom. The molecule has 0 atom stereocenters. The summed E-state index contributed by atoms with van der Waals surface area (Å²) < 4.78 is 0. The van der Waals surface area contributed by atoms with Gasteiger partial charge in [0.1, 0.15) is 0 Å². The van der Waals surface area contributed by atoms with Gasteiger partial charge in [-0.05, 0) is 31.0 Å². The van der Waals surface area contributed by atoms with Crippen molar-refractivity contribution in [3.8, 4) is 5.75 Å². The molecular weight excluding hydrogens is 112 g/mol. The molecule has 1 heteroatoms. The van der Waals surface area contributed by atoms with Crippen molar-refractivity contribution in [3.63, 3.8) is 0 Å². The fourth-order valence-electron chi connectivity index (χ4n) is 0.707. The Morgan fingerprint density at radius 3 is 2.33 bits per heavy atom. The summed E-state index contributed by atoms with van der Waals surface area (Å²) in [5.74, 6) is 0.134. The van der Waals surface area contributed by atoms with E-state index in [1.807, 2.05) is 26.0 Å². The van der Waals surface area contributed by atoms with Crippen LogP contribution in [0.2, 0.25) is 0 Å². The van der Waals surface area contributed by atoms with Gasteiger partial charge in [0.05, 0.1) is 0 Å². The first-order valence-electron chi connectivity index (χ1n) is 2.94. The number of rotatable bonds is 0. The van der Waals surface area contributed by atoms with Gasteiger partial charge in [-0.15, -0.1) is 0 Å². The summed E-state index contributed by atoms with van der Waals surface area (Å²) in [6, 6.07) is 5.43. The molecule has 0 aliphatic rings. The zero-order valence-corrected chi connectivity index (χ0v) is 5.64. The highest BCUT2D eigenvalue weighted by Crippen LogP contribution is 2.16. The third kappa shape index (κ3) is 1.22. The van der Waals surface area contributed by atoms with Gasteiger partial charge < -0.3 is 0 Å². The minimum atomic E-state index is 0.134. The van der Waals surface area contributed by atoms with E-state index in [1.165, 1.54) is 0 Å². The van der Waals surface area contributed by atoms with E-state index < -0.39 is 0 Å². The molecular formula is C8H9O. The van der Waals surface area contributed by atoms with Crippen LogP contribution in [0.5, 0.6) is 5.75 Å². The predicted molar refractivity (Wildman–Crippen MR) is 36.0 cm³/mol. The van der Waals surface area contributed by atoms with Crippen LogP contribution in [0.25, 0.3) is 0 Å². The van der Waals surface area contributed by atoms with Crippen LogP contribution in [0.1, 0.15) is 11.1 Å². The van der Waals surface area contributed by atoms with Gasteiger partial charge >= 0.3 is 0 Å². The molecule has 0 aliphatic heterocycles. The van der Waals surface area contributed by atoms with Gasteiger partial charge in [-0.1, -0.05) is 12.1 Å². The van der Waals surface area contributed by atoms with Crippen LogP contribution in [0, 0.1) is 13.8 Å². The number of benzene rings is 1. The highest BCUT2D eigenvalue weighted by Gasteiger charge is 1.94.